The molecule has 19 heavy (non-hydrogen) atoms. The van der Waals surface area contributed by atoms with Gasteiger partial charge in [-0.25, -0.2) is 0 Å². The lowest BCUT2D eigenvalue weighted by Crippen LogP contribution is -2.58. The quantitative estimate of drug-likeness (QED) is 0.705. The summed E-state index contributed by atoms with van der Waals surface area (Å²) in [6, 6.07) is 1.37. The van der Waals surface area contributed by atoms with E-state index in [0.717, 1.165) is 13.1 Å². The van der Waals surface area contributed by atoms with Gasteiger partial charge in [-0.05, 0) is 58.7 Å². The van der Waals surface area contributed by atoms with Crippen LogP contribution in [0.25, 0.3) is 0 Å². The van der Waals surface area contributed by atoms with E-state index in [0.29, 0.717) is 24.6 Å². The highest BCUT2D eigenvalue weighted by Gasteiger charge is 2.48. The van der Waals surface area contributed by atoms with Crippen LogP contribution in [0.1, 0.15) is 32.1 Å². The Labute approximate surface area is 117 Å². The van der Waals surface area contributed by atoms with Gasteiger partial charge in [-0.3, -0.25) is 4.90 Å². The molecule has 0 aromatic rings. The largest absolute Gasteiger partial charge is 0.394 e. The summed E-state index contributed by atoms with van der Waals surface area (Å²) in [6.45, 7) is 3.68. The smallest absolute Gasteiger partial charge is 0.0628 e. The van der Waals surface area contributed by atoms with Crippen LogP contribution in [0.15, 0.2) is 0 Å². The third-order valence-corrected chi connectivity index (χ3v) is 5.19. The first-order valence-corrected chi connectivity index (χ1v) is 7.90. The molecule has 0 radical (unpaired) electrons. The Morgan fingerprint density at radius 1 is 1.21 bits per heavy atom. The fourth-order valence-corrected chi connectivity index (χ4v) is 3.56. The second-order valence-electron chi connectivity index (χ2n) is 7.15. The highest BCUT2D eigenvalue weighted by atomic mass is 16.3. The highest BCUT2D eigenvalue weighted by Crippen LogP contribution is 2.42. The molecular formula is C15H29N3O. The van der Waals surface area contributed by atoms with E-state index in [9.17, 15) is 5.11 Å². The summed E-state index contributed by atoms with van der Waals surface area (Å²) in [4.78, 5) is 4.90. The zero-order chi connectivity index (χ0) is 13.5. The molecule has 0 aromatic heterocycles. The number of aliphatic hydroxyl groups is 1. The minimum Gasteiger partial charge on any atom is -0.394 e. The van der Waals surface area contributed by atoms with E-state index in [1.165, 1.54) is 38.6 Å². The standard InChI is InChI=1S/C15H29N3O/c1-17(2)14-7-8-18(9-14)10-15(11-19,12-3-4-12)16-13-5-6-13/h12-14,16,19H,3-11H2,1-2H3. The molecule has 0 aromatic carbocycles. The Hall–Kier alpha value is -0.160. The maximum atomic E-state index is 10.00. The predicted molar refractivity (Wildman–Crippen MR) is 77.2 cm³/mol. The summed E-state index contributed by atoms with van der Waals surface area (Å²) in [5.74, 6) is 0.705. The third-order valence-electron chi connectivity index (χ3n) is 5.19. The zero-order valence-electron chi connectivity index (χ0n) is 12.4. The fraction of sp³-hybridized carbons (Fsp3) is 1.00. The average Bonchev–Trinajstić information content (AvgIpc) is 3.28. The summed E-state index contributed by atoms with van der Waals surface area (Å²) in [5, 5.41) is 13.8. The van der Waals surface area contributed by atoms with Crippen LogP contribution in [-0.2, 0) is 0 Å². The first-order valence-electron chi connectivity index (χ1n) is 7.90. The lowest BCUT2D eigenvalue weighted by atomic mass is 9.93. The molecule has 4 heteroatoms. The molecule has 0 bridgehead atoms. The van der Waals surface area contributed by atoms with Crippen LogP contribution >= 0.6 is 0 Å². The maximum Gasteiger partial charge on any atom is 0.0628 e. The minimum absolute atomic E-state index is 0.0115. The van der Waals surface area contributed by atoms with E-state index in [4.69, 9.17) is 0 Å². The summed E-state index contributed by atoms with van der Waals surface area (Å²) in [5.41, 5.74) is -0.0115. The highest BCUT2D eigenvalue weighted by molar-refractivity contribution is 5.06. The predicted octanol–water partition coefficient (Wildman–Crippen LogP) is 0.515. The lowest BCUT2D eigenvalue weighted by molar-refractivity contribution is 0.0956. The lowest BCUT2D eigenvalue weighted by Gasteiger charge is -2.37. The van der Waals surface area contributed by atoms with E-state index < -0.39 is 0 Å². The first-order chi connectivity index (χ1) is 9.13. The number of aliphatic hydroxyl groups excluding tert-OH is 1. The van der Waals surface area contributed by atoms with Gasteiger partial charge in [0, 0.05) is 25.2 Å². The monoisotopic (exact) mass is 267 g/mol. The third kappa shape index (κ3) is 3.13. The van der Waals surface area contributed by atoms with Gasteiger partial charge in [-0.1, -0.05) is 0 Å². The summed E-state index contributed by atoms with van der Waals surface area (Å²) in [6.07, 6.45) is 6.46. The van der Waals surface area contributed by atoms with E-state index in [-0.39, 0.29) is 5.54 Å². The Balaban J connectivity index is 1.61. The van der Waals surface area contributed by atoms with Gasteiger partial charge < -0.3 is 15.3 Å². The van der Waals surface area contributed by atoms with E-state index >= 15 is 0 Å². The number of likely N-dealkylation sites (tertiary alicyclic amines) is 1. The first kappa shape index (κ1) is 13.8. The van der Waals surface area contributed by atoms with Crippen molar-refractivity contribution in [1.82, 2.24) is 15.1 Å². The maximum absolute atomic E-state index is 10.00. The average molecular weight is 267 g/mol. The Morgan fingerprint density at radius 3 is 2.42 bits per heavy atom. The molecule has 0 amide bonds. The normalized spacial score (nSPS) is 31.9. The van der Waals surface area contributed by atoms with Gasteiger partial charge >= 0.3 is 0 Å². The molecule has 1 saturated heterocycles. The Morgan fingerprint density at radius 2 is 1.95 bits per heavy atom. The molecule has 110 valence electrons. The molecule has 2 N–H and O–H groups in total. The Kier molecular flexibility index (Phi) is 3.87. The number of nitrogens with zero attached hydrogens (tertiary/aromatic N) is 2. The van der Waals surface area contributed by atoms with Crippen molar-refractivity contribution in [2.75, 3.05) is 40.3 Å². The number of hydrogen-bond donors (Lipinski definition) is 2. The van der Waals surface area contributed by atoms with Crippen LogP contribution < -0.4 is 5.32 Å². The van der Waals surface area contributed by atoms with Gasteiger partial charge in [0.05, 0.1) is 12.1 Å². The van der Waals surface area contributed by atoms with Gasteiger partial charge in [0.1, 0.15) is 0 Å². The van der Waals surface area contributed by atoms with Gasteiger partial charge in [-0.15, -0.1) is 0 Å². The summed E-state index contributed by atoms with van der Waals surface area (Å²) < 4.78 is 0. The van der Waals surface area contributed by atoms with Crippen molar-refractivity contribution in [3.63, 3.8) is 0 Å². The molecule has 0 spiro atoms. The molecule has 2 aliphatic carbocycles. The molecule has 4 nitrogen and oxygen atoms in total. The molecular weight excluding hydrogens is 238 g/mol. The number of hydrogen-bond acceptors (Lipinski definition) is 4. The summed E-state index contributed by atoms with van der Waals surface area (Å²) >= 11 is 0. The van der Waals surface area contributed by atoms with Crippen molar-refractivity contribution in [2.45, 2.75) is 49.7 Å². The molecule has 3 aliphatic rings. The molecule has 1 aliphatic heterocycles. The molecule has 3 rings (SSSR count). The van der Waals surface area contributed by atoms with Crippen LogP contribution in [0.3, 0.4) is 0 Å². The molecule has 2 saturated carbocycles. The van der Waals surface area contributed by atoms with Crippen molar-refractivity contribution >= 4 is 0 Å². The Bertz CT molecular complexity index is 315. The topological polar surface area (TPSA) is 38.7 Å². The van der Waals surface area contributed by atoms with Crippen LogP contribution in [0.5, 0.6) is 0 Å². The van der Waals surface area contributed by atoms with Gasteiger partial charge in [0.2, 0.25) is 0 Å². The molecule has 2 atom stereocenters. The van der Waals surface area contributed by atoms with Gasteiger partial charge in [0.25, 0.3) is 0 Å². The molecule has 1 heterocycles. The van der Waals surface area contributed by atoms with E-state index in [1.807, 2.05) is 0 Å². The van der Waals surface area contributed by atoms with Gasteiger partial charge in [-0.2, -0.15) is 0 Å². The molecule has 2 unspecified atom stereocenters. The minimum atomic E-state index is -0.0115. The van der Waals surface area contributed by atoms with Crippen molar-refractivity contribution < 1.29 is 5.11 Å². The van der Waals surface area contributed by atoms with E-state index in [2.05, 4.69) is 29.2 Å². The van der Waals surface area contributed by atoms with Crippen molar-refractivity contribution in [3.8, 4) is 0 Å². The second-order valence-corrected chi connectivity index (χ2v) is 7.15. The van der Waals surface area contributed by atoms with Crippen LogP contribution in [-0.4, -0.2) is 72.9 Å². The number of likely N-dealkylation sites (N-methyl/N-ethyl adjacent to an activating group) is 1. The summed E-state index contributed by atoms with van der Waals surface area (Å²) in [7, 11) is 4.35. The SMILES string of the molecule is CN(C)C1CCN(CC(CO)(NC2CC2)C2CC2)C1. The van der Waals surface area contributed by atoms with Crippen molar-refractivity contribution in [3.05, 3.63) is 0 Å². The van der Waals surface area contributed by atoms with Crippen molar-refractivity contribution in [1.29, 1.82) is 0 Å². The van der Waals surface area contributed by atoms with Crippen LogP contribution in [0, 0.1) is 5.92 Å². The number of rotatable bonds is 7. The number of nitrogens with one attached hydrogen (secondary N) is 1. The van der Waals surface area contributed by atoms with Gasteiger partial charge in [0.15, 0.2) is 0 Å². The fourth-order valence-electron chi connectivity index (χ4n) is 3.56. The van der Waals surface area contributed by atoms with E-state index in [1.54, 1.807) is 0 Å². The second kappa shape index (κ2) is 5.32. The zero-order valence-corrected chi connectivity index (χ0v) is 12.4. The molecule has 3 fully saturated rings. The van der Waals surface area contributed by atoms with Crippen LogP contribution in [0.2, 0.25) is 0 Å². The van der Waals surface area contributed by atoms with Crippen molar-refractivity contribution in [2.24, 2.45) is 5.92 Å². The van der Waals surface area contributed by atoms with Crippen LogP contribution in [0.4, 0.5) is 0 Å².